The molecule has 0 aromatic heterocycles. The Morgan fingerprint density at radius 3 is 2.56 bits per heavy atom. The molecule has 0 spiro atoms. The van der Waals surface area contributed by atoms with E-state index in [1.165, 1.54) is 0 Å². The summed E-state index contributed by atoms with van der Waals surface area (Å²) in [6, 6.07) is 0. The fraction of sp³-hybridized carbons (Fsp3) is 0.750. The van der Waals surface area contributed by atoms with Crippen LogP contribution in [0.15, 0.2) is 12.7 Å². The maximum absolute atomic E-state index is 9.25. The van der Waals surface area contributed by atoms with Gasteiger partial charge in [-0.2, -0.15) is 0 Å². The lowest BCUT2D eigenvalue weighted by molar-refractivity contribution is 0.117. The number of rotatable bonds is 4. The third kappa shape index (κ3) is 3.31. The standard InChI is InChI=1S/C8H16O/c1-4-6-8(9)7(3)5-2/h4,7-9H,1,5-6H2,2-3H3. The first-order chi connectivity index (χ1) is 4.22. The van der Waals surface area contributed by atoms with Crippen LogP contribution in [0.4, 0.5) is 0 Å². The zero-order valence-corrected chi connectivity index (χ0v) is 6.30. The van der Waals surface area contributed by atoms with Gasteiger partial charge in [-0.1, -0.05) is 26.3 Å². The molecule has 1 heteroatoms. The highest BCUT2D eigenvalue weighted by Gasteiger charge is 2.08. The summed E-state index contributed by atoms with van der Waals surface area (Å²) in [5.41, 5.74) is 0. The Morgan fingerprint density at radius 1 is 1.67 bits per heavy atom. The van der Waals surface area contributed by atoms with Crippen LogP contribution in [0.1, 0.15) is 26.7 Å². The van der Waals surface area contributed by atoms with Gasteiger partial charge in [0.2, 0.25) is 0 Å². The minimum Gasteiger partial charge on any atom is -0.393 e. The second-order valence-electron chi connectivity index (χ2n) is 2.48. The molecule has 0 saturated carbocycles. The maximum Gasteiger partial charge on any atom is 0.0599 e. The number of aliphatic hydroxyl groups is 1. The third-order valence-electron chi connectivity index (χ3n) is 1.71. The Morgan fingerprint density at radius 2 is 2.22 bits per heavy atom. The fourth-order valence-corrected chi connectivity index (χ4v) is 0.675. The van der Waals surface area contributed by atoms with Gasteiger partial charge in [-0.15, -0.1) is 6.58 Å². The molecular formula is C8H16O. The van der Waals surface area contributed by atoms with Gasteiger partial charge in [0.1, 0.15) is 0 Å². The van der Waals surface area contributed by atoms with Crippen molar-refractivity contribution in [3.05, 3.63) is 12.7 Å². The van der Waals surface area contributed by atoms with E-state index in [0.29, 0.717) is 5.92 Å². The Hall–Kier alpha value is -0.300. The van der Waals surface area contributed by atoms with Crippen molar-refractivity contribution in [2.45, 2.75) is 32.8 Å². The summed E-state index contributed by atoms with van der Waals surface area (Å²) in [7, 11) is 0. The van der Waals surface area contributed by atoms with E-state index in [1.807, 2.05) is 6.92 Å². The van der Waals surface area contributed by atoms with Gasteiger partial charge in [-0.25, -0.2) is 0 Å². The molecule has 0 saturated heterocycles. The summed E-state index contributed by atoms with van der Waals surface area (Å²) >= 11 is 0. The van der Waals surface area contributed by atoms with Crippen LogP contribution in [0.25, 0.3) is 0 Å². The van der Waals surface area contributed by atoms with Crippen molar-refractivity contribution in [1.29, 1.82) is 0 Å². The summed E-state index contributed by atoms with van der Waals surface area (Å²) in [6.07, 6.45) is 3.33. The lowest BCUT2D eigenvalue weighted by atomic mass is 10.00. The van der Waals surface area contributed by atoms with Gasteiger partial charge in [0.05, 0.1) is 6.10 Å². The van der Waals surface area contributed by atoms with Gasteiger partial charge in [-0.3, -0.25) is 0 Å². The molecule has 0 aromatic rings. The van der Waals surface area contributed by atoms with Gasteiger partial charge >= 0.3 is 0 Å². The van der Waals surface area contributed by atoms with Gasteiger partial charge in [0.15, 0.2) is 0 Å². The third-order valence-corrected chi connectivity index (χ3v) is 1.71. The highest BCUT2D eigenvalue weighted by molar-refractivity contribution is 4.74. The zero-order valence-electron chi connectivity index (χ0n) is 6.30. The molecule has 2 atom stereocenters. The Kier molecular flexibility index (Phi) is 4.41. The lowest BCUT2D eigenvalue weighted by Crippen LogP contribution is -2.15. The van der Waals surface area contributed by atoms with E-state index in [2.05, 4.69) is 13.5 Å². The smallest absolute Gasteiger partial charge is 0.0599 e. The summed E-state index contributed by atoms with van der Waals surface area (Å²) in [6.45, 7) is 7.69. The average molecular weight is 128 g/mol. The molecule has 0 rings (SSSR count). The number of hydrogen-bond acceptors (Lipinski definition) is 1. The molecule has 54 valence electrons. The summed E-state index contributed by atoms with van der Waals surface area (Å²) in [5.74, 6) is 0.406. The van der Waals surface area contributed by atoms with Crippen molar-refractivity contribution in [3.63, 3.8) is 0 Å². The summed E-state index contributed by atoms with van der Waals surface area (Å²) in [4.78, 5) is 0. The molecule has 0 radical (unpaired) electrons. The molecule has 0 amide bonds. The molecule has 9 heavy (non-hydrogen) atoms. The minimum atomic E-state index is -0.188. The van der Waals surface area contributed by atoms with Gasteiger partial charge in [-0.05, 0) is 12.3 Å². The van der Waals surface area contributed by atoms with Crippen molar-refractivity contribution in [2.75, 3.05) is 0 Å². The Bertz CT molecular complexity index is 78.6. The van der Waals surface area contributed by atoms with Crippen molar-refractivity contribution < 1.29 is 5.11 Å². The van der Waals surface area contributed by atoms with Crippen LogP contribution in [0.2, 0.25) is 0 Å². The maximum atomic E-state index is 9.25. The van der Waals surface area contributed by atoms with E-state index >= 15 is 0 Å². The zero-order chi connectivity index (χ0) is 7.28. The largest absolute Gasteiger partial charge is 0.393 e. The highest BCUT2D eigenvalue weighted by Crippen LogP contribution is 2.10. The Balaban J connectivity index is 3.44. The summed E-state index contributed by atoms with van der Waals surface area (Å²) < 4.78 is 0. The first kappa shape index (κ1) is 8.70. The van der Waals surface area contributed by atoms with Crippen molar-refractivity contribution >= 4 is 0 Å². The Labute approximate surface area is 57.4 Å². The average Bonchev–Trinajstić information content (AvgIpc) is 1.87. The highest BCUT2D eigenvalue weighted by atomic mass is 16.3. The van der Waals surface area contributed by atoms with E-state index in [0.717, 1.165) is 12.8 Å². The van der Waals surface area contributed by atoms with E-state index < -0.39 is 0 Å². The fourth-order valence-electron chi connectivity index (χ4n) is 0.675. The number of hydrogen-bond donors (Lipinski definition) is 1. The van der Waals surface area contributed by atoms with Gasteiger partial charge < -0.3 is 5.11 Å². The molecule has 0 aliphatic carbocycles. The van der Waals surface area contributed by atoms with Gasteiger partial charge in [0.25, 0.3) is 0 Å². The van der Waals surface area contributed by atoms with Crippen LogP contribution in [0, 0.1) is 5.92 Å². The first-order valence-corrected chi connectivity index (χ1v) is 3.51. The van der Waals surface area contributed by atoms with Crippen molar-refractivity contribution in [1.82, 2.24) is 0 Å². The monoisotopic (exact) mass is 128 g/mol. The van der Waals surface area contributed by atoms with E-state index in [-0.39, 0.29) is 6.10 Å². The lowest BCUT2D eigenvalue weighted by Gasteiger charge is -2.14. The van der Waals surface area contributed by atoms with Crippen LogP contribution >= 0.6 is 0 Å². The van der Waals surface area contributed by atoms with E-state index in [1.54, 1.807) is 6.08 Å². The minimum absolute atomic E-state index is 0.188. The first-order valence-electron chi connectivity index (χ1n) is 3.51. The van der Waals surface area contributed by atoms with Crippen LogP contribution in [0.5, 0.6) is 0 Å². The van der Waals surface area contributed by atoms with Crippen LogP contribution in [-0.2, 0) is 0 Å². The summed E-state index contributed by atoms with van der Waals surface area (Å²) in [5, 5.41) is 9.25. The molecule has 0 heterocycles. The van der Waals surface area contributed by atoms with Crippen molar-refractivity contribution in [2.24, 2.45) is 5.92 Å². The molecule has 0 bridgehead atoms. The number of aliphatic hydroxyl groups excluding tert-OH is 1. The van der Waals surface area contributed by atoms with E-state index in [9.17, 15) is 5.11 Å². The van der Waals surface area contributed by atoms with E-state index in [4.69, 9.17) is 0 Å². The predicted octanol–water partition coefficient (Wildman–Crippen LogP) is 1.97. The SMILES string of the molecule is C=CCC(O)C(C)CC. The molecule has 2 unspecified atom stereocenters. The predicted molar refractivity (Wildman–Crippen MR) is 40.3 cm³/mol. The molecule has 0 aliphatic heterocycles. The quantitative estimate of drug-likeness (QED) is 0.574. The second kappa shape index (κ2) is 4.57. The topological polar surface area (TPSA) is 20.2 Å². The molecule has 0 fully saturated rings. The second-order valence-corrected chi connectivity index (χ2v) is 2.48. The van der Waals surface area contributed by atoms with Gasteiger partial charge in [0, 0.05) is 0 Å². The molecule has 0 aliphatic rings. The van der Waals surface area contributed by atoms with Crippen LogP contribution in [0.3, 0.4) is 0 Å². The molecule has 0 aromatic carbocycles. The van der Waals surface area contributed by atoms with Crippen molar-refractivity contribution in [3.8, 4) is 0 Å². The normalized spacial score (nSPS) is 16.8. The van der Waals surface area contributed by atoms with Crippen LogP contribution < -0.4 is 0 Å². The molecular weight excluding hydrogens is 112 g/mol. The molecule has 1 N–H and O–H groups in total. The van der Waals surface area contributed by atoms with Crippen LogP contribution in [-0.4, -0.2) is 11.2 Å². The molecule has 1 nitrogen and oxygen atoms in total.